The summed E-state index contributed by atoms with van der Waals surface area (Å²) in [5.41, 5.74) is 2.32. The van der Waals surface area contributed by atoms with Crippen molar-refractivity contribution in [3.05, 3.63) is 0 Å². The molecule has 0 saturated carbocycles. The van der Waals surface area contributed by atoms with E-state index in [9.17, 15) is 4.79 Å². The molecule has 106 valence electrons. The number of hydrogen-bond donors (Lipinski definition) is 4. The Kier molecular flexibility index (Phi) is 6.30. The largest absolute Gasteiger partial charge is 0.464 e. The lowest BCUT2D eigenvalue weighted by atomic mass is 10.4. The molecule has 0 bridgehead atoms. The maximum Gasteiger partial charge on any atom is 0.323 e. The predicted molar refractivity (Wildman–Crippen MR) is 70.6 cm³/mol. The molecule has 0 spiro atoms. The highest BCUT2D eigenvalue weighted by molar-refractivity contribution is 5.76. The van der Waals surface area contributed by atoms with E-state index in [-0.39, 0.29) is 17.9 Å². The van der Waals surface area contributed by atoms with Crippen LogP contribution in [0.5, 0.6) is 6.01 Å². The van der Waals surface area contributed by atoms with Gasteiger partial charge in [0.2, 0.25) is 17.8 Å². The molecule has 1 amide bonds. The summed E-state index contributed by atoms with van der Waals surface area (Å²) in [6.45, 7) is 5.14. The Hall–Kier alpha value is -2.16. The van der Waals surface area contributed by atoms with Crippen LogP contribution in [0.25, 0.3) is 0 Å². The molecular formula is C10H19N7O2. The number of hydrazine groups is 1. The molecule has 0 saturated heterocycles. The van der Waals surface area contributed by atoms with E-state index in [1.54, 1.807) is 0 Å². The number of hydrogen-bond acceptors (Lipinski definition) is 8. The van der Waals surface area contributed by atoms with Crippen LogP contribution >= 0.6 is 0 Å². The van der Waals surface area contributed by atoms with E-state index in [1.807, 2.05) is 13.8 Å². The van der Waals surface area contributed by atoms with Gasteiger partial charge >= 0.3 is 6.01 Å². The Morgan fingerprint density at radius 3 is 2.63 bits per heavy atom. The number of aromatic nitrogens is 3. The lowest BCUT2D eigenvalue weighted by Crippen LogP contribution is -2.25. The zero-order valence-electron chi connectivity index (χ0n) is 11.1. The number of nitrogens with two attached hydrogens (primary N) is 1. The van der Waals surface area contributed by atoms with Gasteiger partial charge in [0.1, 0.15) is 0 Å². The monoisotopic (exact) mass is 269 g/mol. The van der Waals surface area contributed by atoms with Crippen molar-refractivity contribution in [2.45, 2.75) is 20.3 Å². The van der Waals surface area contributed by atoms with Crippen LogP contribution in [0.15, 0.2) is 0 Å². The zero-order chi connectivity index (χ0) is 14.1. The van der Waals surface area contributed by atoms with Crippen molar-refractivity contribution in [1.82, 2.24) is 20.3 Å². The summed E-state index contributed by atoms with van der Waals surface area (Å²) in [5, 5.41) is 5.61. The molecule has 5 N–H and O–H groups in total. The van der Waals surface area contributed by atoms with Gasteiger partial charge in [0.25, 0.3) is 0 Å². The van der Waals surface area contributed by atoms with Gasteiger partial charge in [-0.25, -0.2) is 5.84 Å². The third kappa shape index (κ3) is 5.34. The van der Waals surface area contributed by atoms with Gasteiger partial charge in [0.05, 0.1) is 6.61 Å². The number of anilines is 2. The molecule has 9 nitrogen and oxygen atoms in total. The molecule has 0 aliphatic rings. The molecule has 0 aromatic carbocycles. The normalized spacial score (nSPS) is 9.84. The van der Waals surface area contributed by atoms with Crippen molar-refractivity contribution in [1.29, 1.82) is 0 Å². The predicted octanol–water partition coefficient (Wildman–Crippen LogP) is -0.506. The van der Waals surface area contributed by atoms with Crippen LogP contribution in [-0.2, 0) is 4.79 Å². The second-order valence-electron chi connectivity index (χ2n) is 3.47. The molecule has 19 heavy (non-hydrogen) atoms. The van der Waals surface area contributed by atoms with Crippen molar-refractivity contribution in [2.75, 3.05) is 30.4 Å². The van der Waals surface area contributed by atoms with Gasteiger partial charge < -0.3 is 15.4 Å². The lowest BCUT2D eigenvalue weighted by molar-refractivity contribution is -0.120. The standard InChI is InChI=1S/C10H19N7O2/c1-3-12-7(18)5-6-13-8-14-9(17-11)16-10(15-8)19-4-2/h3-6,11H2,1-2H3,(H,12,18)(H2,13,14,15,16,17). The van der Waals surface area contributed by atoms with Gasteiger partial charge in [-0.2, -0.15) is 15.0 Å². The minimum Gasteiger partial charge on any atom is -0.464 e. The Morgan fingerprint density at radius 1 is 1.26 bits per heavy atom. The molecule has 9 heteroatoms. The first-order valence-electron chi connectivity index (χ1n) is 6.05. The van der Waals surface area contributed by atoms with Crippen LogP contribution in [-0.4, -0.2) is 40.6 Å². The molecule has 1 aromatic rings. The molecule has 0 aliphatic heterocycles. The molecule has 1 aromatic heterocycles. The van der Waals surface area contributed by atoms with Crippen LogP contribution in [0, 0.1) is 0 Å². The summed E-state index contributed by atoms with van der Waals surface area (Å²) >= 11 is 0. The Bertz CT molecular complexity index is 413. The molecule has 0 unspecified atom stereocenters. The van der Waals surface area contributed by atoms with Crippen molar-refractivity contribution >= 4 is 17.8 Å². The summed E-state index contributed by atoms with van der Waals surface area (Å²) in [4.78, 5) is 23.2. The fourth-order valence-electron chi connectivity index (χ4n) is 1.27. The summed E-state index contributed by atoms with van der Waals surface area (Å²) in [6, 6.07) is 0.172. The number of nitrogens with zero attached hydrogens (tertiary/aromatic N) is 3. The smallest absolute Gasteiger partial charge is 0.323 e. The minimum absolute atomic E-state index is 0.0359. The van der Waals surface area contributed by atoms with Crippen LogP contribution in [0.1, 0.15) is 20.3 Å². The van der Waals surface area contributed by atoms with E-state index >= 15 is 0 Å². The maximum absolute atomic E-state index is 11.3. The van der Waals surface area contributed by atoms with E-state index in [4.69, 9.17) is 10.6 Å². The highest BCUT2D eigenvalue weighted by Gasteiger charge is 2.06. The molecular weight excluding hydrogens is 250 g/mol. The Morgan fingerprint density at radius 2 is 2.00 bits per heavy atom. The van der Waals surface area contributed by atoms with Gasteiger partial charge in [-0.15, -0.1) is 0 Å². The van der Waals surface area contributed by atoms with E-state index in [0.29, 0.717) is 32.1 Å². The van der Waals surface area contributed by atoms with E-state index in [2.05, 4.69) is 31.0 Å². The van der Waals surface area contributed by atoms with Crippen molar-refractivity contribution in [3.8, 4) is 6.01 Å². The molecule has 1 heterocycles. The molecule has 0 aliphatic carbocycles. The first-order chi connectivity index (χ1) is 9.19. The third-order valence-corrected chi connectivity index (χ3v) is 2.03. The van der Waals surface area contributed by atoms with Crippen molar-refractivity contribution in [2.24, 2.45) is 5.84 Å². The molecule has 0 atom stereocenters. The van der Waals surface area contributed by atoms with Crippen LogP contribution in [0.2, 0.25) is 0 Å². The molecule has 0 radical (unpaired) electrons. The number of amides is 1. The number of nitrogen functional groups attached to an aromatic ring is 1. The van der Waals surface area contributed by atoms with Crippen LogP contribution < -0.4 is 26.6 Å². The van der Waals surface area contributed by atoms with E-state index < -0.39 is 0 Å². The molecule has 0 fully saturated rings. The minimum atomic E-state index is -0.0359. The highest BCUT2D eigenvalue weighted by atomic mass is 16.5. The zero-order valence-corrected chi connectivity index (χ0v) is 11.1. The van der Waals surface area contributed by atoms with Gasteiger partial charge in [-0.3, -0.25) is 10.2 Å². The van der Waals surface area contributed by atoms with E-state index in [0.717, 1.165) is 0 Å². The number of carbonyl (C=O) groups is 1. The first kappa shape index (κ1) is 14.9. The second kappa shape index (κ2) is 8.03. The van der Waals surface area contributed by atoms with Gasteiger partial charge in [0, 0.05) is 19.5 Å². The van der Waals surface area contributed by atoms with Crippen LogP contribution in [0.3, 0.4) is 0 Å². The first-order valence-corrected chi connectivity index (χ1v) is 6.05. The average Bonchev–Trinajstić information content (AvgIpc) is 2.39. The van der Waals surface area contributed by atoms with Gasteiger partial charge in [0.15, 0.2) is 0 Å². The highest BCUT2D eigenvalue weighted by Crippen LogP contribution is 2.10. The van der Waals surface area contributed by atoms with Crippen molar-refractivity contribution in [3.63, 3.8) is 0 Å². The third-order valence-electron chi connectivity index (χ3n) is 2.03. The van der Waals surface area contributed by atoms with Gasteiger partial charge in [-0.05, 0) is 13.8 Å². The van der Waals surface area contributed by atoms with Crippen molar-refractivity contribution < 1.29 is 9.53 Å². The second-order valence-corrected chi connectivity index (χ2v) is 3.47. The summed E-state index contributed by atoms with van der Waals surface area (Å²) in [6.07, 6.45) is 0.328. The topological polar surface area (TPSA) is 127 Å². The van der Waals surface area contributed by atoms with E-state index in [1.165, 1.54) is 0 Å². The number of nitrogens with one attached hydrogen (secondary N) is 3. The lowest BCUT2D eigenvalue weighted by Gasteiger charge is -2.08. The number of rotatable bonds is 8. The maximum atomic E-state index is 11.3. The Balaban J connectivity index is 2.56. The average molecular weight is 269 g/mol. The summed E-state index contributed by atoms with van der Waals surface area (Å²) < 4.78 is 5.18. The van der Waals surface area contributed by atoms with Crippen LogP contribution in [0.4, 0.5) is 11.9 Å². The summed E-state index contributed by atoms with van der Waals surface area (Å²) in [5.74, 6) is 5.71. The SMILES string of the molecule is CCNC(=O)CCNc1nc(NN)nc(OCC)n1. The summed E-state index contributed by atoms with van der Waals surface area (Å²) in [7, 11) is 0. The fraction of sp³-hybridized carbons (Fsp3) is 0.600. The Labute approximate surface area is 111 Å². The molecule has 1 rings (SSSR count). The number of ether oxygens (including phenoxy) is 1. The fourth-order valence-corrected chi connectivity index (χ4v) is 1.27. The van der Waals surface area contributed by atoms with Gasteiger partial charge in [-0.1, -0.05) is 0 Å². The number of carbonyl (C=O) groups excluding carboxylic acids is 1. The quantitative estimate of drug-likeness (QED) is 0.367.